The van der Waals surface area contributed by atoms with Gasteiger partial charge >= 0.3 is 12.1 Å². The second kappa shape index (κ2) is 8.49. The summed E-state index contributed by atoms with van der Waals surface area (Å²) in [4.78, 5) is 30.9. The van der Waals surface area contributed by atoms with Crippen LogP contribution >= 0.6 is 15.9 Å². The summed E-state index contributed by atoms with van der Waals surface area (Å²) in [7, 11) is 0. The highest BCUT2D eigenvalue weighted by Crippen LogP contribution is 2.32. The number of halogens is 1. The maximum atomic E-state index is 12.6. The topological polar surface area (TPSA) is 98.1 Å². The van der Waals surface area contributed by atoms with E-state index in [-0.39, 0.29) is 23.6 Å². The van der Waals surface area contributed by atoms with Crippen LogP contribution < -0.4 is 5.32 Å². The zero-order valence-corrected chi connectivity index (χ0v) is 20.2. The van der Waals surface area contributed by atoms with Gasteiger partial charge in [0, 0.05) is 30.4 Å². The first-order valence-electron chi connectivity index (χ1n) is 10.1. The molecular weight excluding hydrogens is 466 g/mol. The molecule has 168 valence electrons. The van der Waals surface area contributed by atoms with E-state index in [0.717, 1.165) is 0 Å². The number of esters is 1. The van der Waals surface area contributed by atoms with Gasteiger partial charge in [-0.25, -0.2) is 14.6 Å². The quantitative estimate of drug-likeness (QED) is 0.635. The van der Waals surface area contributed by atoms with Crippen LogP contribution in [0.2, 0.25) is 0 Å². The molecule has 3 rings (SSSR count). The van der Waals surface area contributed by atoms with Gasteiger partial charge < -0.3 is 14.8 Å². The number of anilines is 1. The number of nitrogens with one attached hydrogen (secondary N) is 1. The molecule has 0 bridgehead atoms. The predicted octanol–water partition coefficient (Wildman–Crippen LogP) is 4.24. The molecule has 1 amide bonds. The molecule has 9 nitrogen and oxygen atoms in total. The van der Waals surface area contributed by atoms with Gasteiger partial charge in [-0.15, -0.1) is 0 Å². The molecule has 1 aliphatic rings. The maximum absolute atomic E-state index is 12.6. The van der Waals surface area contributed by atoms with Crippen LogP contribution in [-0.2, 0) is 9.47 Å². The van der Waals surface area contributed by atoms with Crippen LogP contribution in [0.3, 0.4) is 0 Å². The van der Waals surface area contributed by atoms with Gasteiger partial charge in [-0.2, -0.15) is 9.61 Å². The third kappa shape index (κ3) is 5.17. The van der Waals surface area contributed by atoms with E-state index in [1.807, 2.05) is 40.7 Å². The standard InChI is InChI=1S/C21H28BrN5O4/c1-7-30-18(28)13-11-23-16-10-15(22)25-27(16)17(13)24-14-8-9-26(12-21(14,5)6)19(29)31-20(2,3)4/h8-11,14,24H,7,12H2,1-6H3/t14-/m1/s1. The Morgan fingerprint density at radius 3 is 2.68 bits per heavy atom. The second-order valence-electron chi connectivity index (χ2n) is 9.04. The predicted molar refractivity (Wildman–Crippen MR) is 120 cm³/mol. The normalized spacial score (nSPS) is 18.2. The zero-order chi connectivity index (χ0) is 23.0. The molecule has 3 heterocycles. The molecule has 0 saturated carbocycles. The average Bonchev–Trinajstić information content (AvgIpc) is 3.02. The molecule has 0 radical (unpaired) electrons. The molecule has 0 saturated heterocycles. The summed E-state index contributed by atoms with van der Waals surface area (Å²) >= 11 is 3.36. The van der Waals surface area contributed by atoms with E-state index in [1.54, 1.807) is 28.6 Å². The fourth-order valence-electron chi connectivity index (χ4n) is 3.28. The number of amides is 1. The highest BCUT2D eigenvalue weighted by molar-refractivity contribution is 9.10. The van der Waals surface area contributed by atoms with Gasteiger partial charge in [-0.3, -0.25) is 4.90 Å². The fourth-order valence-corrected chi connectivity index (χ4v) is 3.64. The SMILES string of the molecule is CCOC(=O)c1cnc2cc(Br)nn2c1N[C@@H]1C=CN(C(=O)OC(C)(C)C)CC1(C)C. The molecule has 2 aromatic heterocycles. The minimum atomic E-state index is -0.575. The first kappa shape index (κ1) is 23.1. The first-order chi connectivity index (χ1) is 14.4. The van der Waals surface area contributed by atoms with Crippen molar-refractivity contribution in [3.63, 3.8) is 0 Å². The zero-order valence-electron chi connectivity index (χ0n) is 18.6. The third-order valence-corrected chi connectivity index (χ3v) is 5.13. The first-order valence-corrected chi connectivity index (χ1v) is 10.9. The smallest absolute Gasteiger partial charge is 0.414 e. The lowest BCUT2D eigenvalue weighted by Crippen LogP contribution is -2.49. The van der Waals surface area contributed by atoms with Crippen LogP contribution in [-0.4, -0.2) is 56.4 Å². The number of carbonyl (C=O) groups excluding carboxylic acids is 2. The van der Waals surface area contributed by atoms with Crippen molar-refractivity contribution < 1.29 is 19.1 Å². The van der Waals surface area contributed by atoms with Gasteiger partial charge in [0.1, 0.15) is 21.6 Å². The fraction of sp³-hybridized carbons (Fsp3) is 0.524. The van der Waals surface area contributed by atoms with Crippen molar-refractivity contribution in [2.24, 2.45) is 5.41 Å². The maximum Gasteiger partial charge on any atom is 0.414 e. The van der Waals surface area contributed by atoms with E-state index in [2.05, 4.69) is 31.3 Å². The van der Waals surface area contributed by atoms with Crippen molar-refractivity contribution in [1.29, 1.82) is 0 Å². The lowest BCUT2D eigenvalue weighted by atomic mass is 9.82. The van der Waals surface area contributed by atoms with Crippen LogP contribution in [0.15, 0.2) is 29.1 Å². The summed E-state index contributed by atoms with van der Waals surface area (Å²) in [6.45, 7) is 12.0. The van der Waals surface area contributed by atoms with Gasteiger partial charge in [0.05, 0.1) is 12.6 Å². The average molecular weight is 494 g/mol. The number of rotatable bonds is 4. The van der Waals surface area contributed by atoms with Crippen LogP contribution in [0.1, 0.15) is 51.9 Å². The summed E-state index contributed by atoms with van der Waals surface area (Å²) in [6.07, 6.45) is 4.67. The van der Waals surface area contributed by atoms with Gasteiger partial charge in [0.25, 0.3) is 0 Å². The Hall–Kier alpha value is -2.62. The number of fused-ring (bicyclic) bond motifs is 1. The third-order valence-electron chi connectivity index (χ3n) is 4.75. The van der Waals surface area contributed by atoms with Crippen molar-refractivity contribution in [3.8, 4) is 0 Å². The van der Waals surface area contributed by atoms with Crippen molar-refractivity contribution in [3.05, 3.63) is 34.7 Å². The Balaban J connectivity index is 1.94. The molecule has 0 fully saturated rings. The highest BCUT2D eigenvalue weighted by Gasteiger charge is 2.37. The molecule has 1 atom stereocenters. The molecule has 0 unspecified atom stereocenters. The van der Waals surface area contributed by atoms with Crippen LogP contribution in [0, 0.1) is 5.41 Å². The minimum Gasteiger partial charge on any atom is -0.462 e. The van der Waals surface area contributed by atoms with E-state index >= 15 is 0 Å². The number of nitrogens with zero attached hydrogens (tertiary/aromatic N) is 4. The molecule has 31 heavy (non-hydrogen) atoms. The number of aromatic nitrogens is 3. The van der Waals surface area contributed by atoms with E-state index in [1.165, 1.54) is 6.20 Å². The lowest BCUT2D eigenvalue weighted by Gasteiger charge is -2.41. The molecule has 0 aliphatic carbocycles. The van der Waals surface area contributed by atoms with Crippen LogP contribution in [0.4, 0.5) is 10.6 Å². The van der Waals surface area contributed by atoms with E-state index in [4.69, 9.17) is 9.47 Å². The van der Waals surface area contributed by atoms with Crippen molar-refractivity contribution >= 4 is 39.5 Å². The number of hydrogen-bond donors (Lipinski definition) is 1. The Bertz CT molecular complexity index is 1020. The van der Waals surface area contributed by atoms with Gasteiger partial charge in [-0.05, 0) is 49.7 Å². The summed E-state index contributed by atoms with van der Waals surface area (Å²) in [5, 5.41) is 7.82. The molecule has 1 N–H and O–H groups in total. The Kier molecular flexibility index (Phi) is 6.31. The lowest BCUT2D eigenvalue weighted by molar-refractivity contribution is 0.0257. The number of ether oxygens (including phenoxy) is 2. The summed E-state index contributed by atoms with van der Waals surface area (Å²) in [6, 6.07) is 1.56. The Morgan fingerprint density at radius 2 is 2.06 bits per heavy atom. The van der Waals surface area contributed by atoms with Gasteiger partial charge in [0.2, 0.25) is 0 Å². The highest BCUT2D eigenvalue weighted by atomic mass is 79.9. The summed E-state index contributed by atoms with van der Waals surface area (Å²) in [5.41, 5.74) is -0.0917. The molecule has 10 heteroatoms. The van der Waals surface area contributed by atoms with Gasteiger partial charge in [-0.1, -0.05) is 13.8 Å². The van der Waals surface area contributed by atoms with Crippen molar-refractivity contribution in [2.45, 2.75) is 53.2 Å². The second-order valence-corrected chi connectivity index (χ2v) is 9.85. The van der Waals surface area contributed by atoms with E-state index < -0.39 is 17.7 Å². The number of carbonyl (C=O) groups is 2. The van der Waals surface area contributed by atoms with Crippen molar-refractivity contribution in [1.82, 2.24) is 19.5 Å². The van der Waals surface area contributed by atoms with E-state index in [0.29, 0.717) is 22.6 Å². The molecule has 0 aromatic carbocycles. The molecule has 2 aromatic rings. The Morgan fingerprint density at radius 1 is 1.35 bits per heavy atom. The number of hydrogen-bond acceptors (Lipinski definition) is 7. The van der Waals surface area contributed by atoms with Crippen LogP contribution in [0.5, 0.6) is 0 Å². The van der Waals surface area contributed by atoms with E-state index in [9.17, 15) is 9.59 Å². The van der Waals surface area contributed by atoms with Crippen molar-refractivity contribution in [2.75, 3.05) is 18.5 Å². The largest absolute Gasteiger partial charge is 0.462 e. The van der Waals surface area contributed by atoms with Gasteiger partial charge in [0.15, 0.2) is 5.65 Å². The molecule has 1 aliphatic heterocycles. The Labute approximate surface area is 189 Å². The summed E-state index contributed by atoms with van der Waals surface area (Å²) in [5.74, 6) is -0.0124. The molecule has 0 spiro atoms. The molecular formula is C21H28BrN5O4. The summed E-state index contributed by atoms with van der Waals surface area (Å²) < 4.78 is 12.9. The monoisotopic (exact) mass is 493 g/mol. The van der Waals surface area contributed by atoms with Crippen LogP contribution in [0.25, 0.3) is 5.65 Å². The minimum absolute atomic E-state index is 0.201.